The van der Waals surface area contributed by atoms with E-state index in [9.17, 15) is 4.79 Å². The number of allylic oxidation sites excluding steroid dienone is 1. The Hall–Kier alpha value is -1.22. The number of amides is 1. The Morgan fingerprint density at radius 2 is 2.22 bits per heavy atom. The fourth-order valence-electron chi connectivity index (χ4n) is 4.35. The predicted octanol–water partition coefficient (Wildman–Crippen LogP) is 4.52. The van der Waals surface area contributed by atoms with Gasteiger partial charge in [0.2, 0.25) is 5.91 Å². The van der Waals surface area contributed by atoms with Gasteiger partial charge in [0.1, 0.15) is 0 Å². The lowest BCUT2D eigenvalue weighted by molar-refractivity contribution is -0.124. The first-order valence-corrected chi connectivity index (χ1v) is 9.95. The number of thioether (sulfide) groups is 1. The average Bonchev–Trinajstić information content (AvgIpc) is 2.59. The normalized spacial score (nSPS) is 32.1. The van der Waals surface area contributed by atoms with Crippen LogP contribution < -0.4 is 5.32 Å². The number of hydrogen-bond acceptors (Lipinski definition) is 2. The Morgan fingerprint density at radius 3 is 3.09 bits per heavy atom. The third-order valence-electron chi connectivity index (χ3n) is 5.90. The number of hydrogen-bond donors (Lipinski definition) is 1. The van der Waals surface area contributed by atoms with Gasteiger partial charge in [-0.1, -0.05) is 43.2 Å². The molecular weight excluding hydrogens is 302 g/mol. The lowest BCUT2D eigenvalue weighted by atomic mass is 9.65. The largest absolute Gasteiger partial charge is 0.352 e. The second-order valence-corrected chi connectivity index (χ2v) is 8.31. The van der Waals surface area contributed by atoms with Crippen LogP contribution in [-0.2, 0) is 4.79 Å². The van der Waals surface area contributed by atoms with Crippen LogP contribution in [0.15, 0.2) is 40.8 Å². The number of nitrogens with one attached hydrogen (secondary N) is 1. The van der Waals surface area contributed by atoms with E-state index >= 15 is 0 Å². The Kier molecular flexibility index (Phi) is 4.23. The summed E-state index contributed by atoms with van der Waals surface area (Å²) in [6, 6.07) is 8.79. The van der Waals surface area contributed by atoms with Gasteiger partial charge in [0.15, 0.2) is 0 Å². The first-order chi connectivity index (χ1) is 11.3. The average molecular weight is 327 g/mol. The molecule has 23 heavy (non-hydrogen) atoms. The second-order valence-electron chi connectivity index (χ2n) is 7.18. The molecule has 1 fully saturated rings. The standard InChI is InChI=1S/C20H25NOS/c1-2-13-7-8-14-12-18(17(14)11-13)21-20(22)16-9-10-23-19-6-4-3-5-15(16)19/h3-6,8,13,16-18H,2,7,9-12H2,1H3,(H,21,22). The third-order valence-corrected chi connectivity index (χ3v) is 7.02. The highest BCUT2D eigenvalue weighted by Crippen LogP contribution is 2.45. The molecule has 122 valence electrons. The molecule has 1 aromatic rings. The van der Waals surface area contributed by atoms with Crippen molar-refractivity contribution in [1.29, 1.82) is 0 Å². The van der Waals surface area contributed by atoms with Crippen LogP contribution in [0, 0.1) is 11.8 Å². The summed E-state index contributed by atoms with van der Waals surface area (Å²) in [7, 11) is 0. The van der Waals surface area contributed by atoms with Gasteiger partial charge >= 0.3 is 0 Å². The fourth-order valence-corrected chi connectivity index (χ4v) is 5.48. The molecule has 1 saturated carbocycles. The van der Waals surface area contributed by atoms with Crippen molar-refractivity contribution in [3.63, 3.8) is 0 Å². The van der Waals surface area contributed by atoms with Crippen molar-refractivity contribution in [2.75, 3.05) is 5.75 Å². The zero-order valence-corrected chi connectivity index (χ0v) is 14.6. The molecule has 1 heterocycles. The van der Waals surface area contributed by atoms with Gasteiger partial charge in [-0.3, -0.25) is 4.79 Å². The molecule has 1 aromatic carbocycles. The minimum absolute atomic E-state index is 0.0473. The maximum atomic E-state index is 12.8. The van der Waals surface area contributed by atoms with Crippen molar-refractivity contribution < 1.29 is 4.79 Å². The molecule has 3 heteroatoms. The number of carbonyl (C=O) groups is 1. The van der Waals surface area contributed by atoms with Gasteiger partial charge in [0.25, 0.3) is 0 Å². The molecule has 4 atom stereocenters. The Bertz CT molecular complexity index is 638. The lowest BCUT2D eigenvalue weighted by Gasteiger charge is -2.45. The number of carbonyl (C=O) groups excluding carboxylic acids is 1. The molecule has 0 bridgehead atoms. The molecule has 4 unspecified atom stereocenters. The van der Waals surface area contributed by atoms with Gasteiger partial charge in [-0.2, -0.15) is 0 Å². The van der Waals surface area contributed by atoms with Gasteiger partial charge in [-0.25, -0.2) is 0 Å². The maximum Gasteiger partial charge on any atom is 0.227 e. The van der Waals surface area contributed by atoms with Gasteiger partial charge in [0.05, 0.1) is 5.92 Å². The van der Waals surface area contributed by atoms with Crippen molar-refractivity contribution in [2.24, 2.45) is 11.8 Å². The van der Waals surface area contributed by atoms with E-state index in [0.29, 0.717) is 12.0 Å². The highest BCUT2D eigenvalue weighted by Gasteiger charge is 2.41. The molecule has 1 amide bonds. The first-order valence-electron chi connectivity index (χ1n) is 8.97. The molecule has 0 spiro atoms. The third kappa shape index (κ3) is 2.84. The molecule has 3 aliphatic rings. The molecule has 1 aliphatic heterocycles. The van der Waals surface area contributed by atoms with Crippen LogP contribution in [0.25, 0.3) is 0 Å². The summed E-state index contributed by atoms with van der Waals surface area (Å²) in [5.41, 5.74) is 2.83. The van der Waals surface area contributed by atoms with Crippen LogP contribution in [0.5, 0.6) is 0 Å². The molecule has 1 N–H and O–H groups in total. The molecule has 4 rings (SSSR count). The van der Waals surface area contributed by atoms with E-state index < -0.39 is 0 Å². The van der Waals surface area contributed by atoms with Crippen molar-refractivity contribution in [3.05, 3.63) is 41.5 Å². The first kappa shape index (κ1) is 15.3. The summed E-state index contributed by atoms with van der Waals surface area (Å²) in [6.45, 7) is 2.28. The Morgan fingerprint density at radius 1 is 1.35 bits per heavy atom. The summed E-state index contributed by atoms with van der Waals surface area (Å²) >= 11 is 1.88. The van der Waals surface area contributed by atoms with Crippen molar-refractivity contribution >= 4 is 17.7 Å². The summed E-state index contributed by atoms with van der Waals surface area (Å²) in [4.78, 5) is 14.1. The molecular formula is C20H25NOS. The number of rotatable bonds is 3. The van der Waals surface area contributed by atoms with Gasteiger partial charge < -0.3 is 5.32 Å². The summed E-state index contributed by atoms with van der Waals surface area (Å²) < 4.78 is 0. The molecule has 0 radical (unpaired) electrons. The van der Waals surface area contributed by atoms with Crippen molar-refractivity contribution in [1.82, 2.24) is 5.32 Å². The van der Waals surface area contributed by atoms with Crippen molar-refractivity contribution in [2.45, 2.75) is 55.9 Å². The summed E-state index contributed by atoms with van der Waals surface area (Å²) in [5, 5.41) is 3.38. The zero-order chi connectivity index (χ0) is 15.8. The van der Waals surface area contributed by atoms with E-state index in [-0.39, 0.29) is 11.8 Å². The second kappa shape index (κ2) is 6.35. The highest BCUT2D eigenvalue weighted by molar-refractivity contribution is 7.99. The van der Waals surface area contributed by atoms with Crippen LogP contribution in [0.4, 0.5) is 0 Å². The SMILES string of the molecule is CCC1CC=C2CC(NC(=O)C3CCSc4ccccc43)C2C1. The van der Waals surface area contributed by atoms with Crippen molar-refractivity contribution in [3.8, 4) is 0 Å². The predicted molar refractivity (Wildman–Crippen MR) is 95.7 cm³/mol. The lowest BCUT2D eigenvalue weighted by Crippen LogP contribution is -2.51. The van der Waals surface area contributed by atoms with Gasteiger partial charge in [-0.05, 0) is 49.0 Å². The molecule has 0 saturated heterocycles. The maximum absolute atomic E-state index is 12.8. The Balaban J connectivity index is 1.44. The number of fused-ring (bicyclic) bond motifs is 2. The minimum atomic E-state index is 0.0473. The van der Waals surface area contributed by atoms with E-state index in [1.807, 2.05) is 11.8 Å². The van der Waals surface area contributed by atoms with Crippen LogP contribution >= 0.6 is 11.8 Å². The number of benzene rings is 1. The minimum Gasteiger partial charge on any atom is -0.352 e. The van der Waals surface area contributed by atoms with Crippen LogP contribution in [0.1, 0.15) is 50.5 Å². The highest BCUT2D eigenvalue weighted by atomic mass is 32.2. The van der Waals surface area contributed by atoms with E-state index in [0.717, 1.165) is 24.5 Å². The monoisotopic (exact) mass is 327 g/mol. The topological polar surface area (TPSA) is 29.1 Å². The van der Waals surface area contributed by atoms with Gasteiger partial charge in [0, 0.05) is 16.9 Å². The smallest absolute Gasteiger partial charge is 0.227 e. The Labute approximate surface area is 143 Å². The van der Waals surface area contributed by atoms with E-state index in [2.05, 4.69) is 42.6 Å². The molecule has 0 aromatic heterocycles. The molecule has 2 nitrogen and oxygen atoms in total. The van der Waals surface area contributed by atoms with Gasteiger partial charge in [-0.15, -0.1) is 11.8 Å². The van der Waals surface area contributed by atoms with E-state index in [4.69, 9.17) is 0 Å². The zero-order valence-electron chi connectivity index (χ0n) is 13.8. The van der Waals surface area contributed by atoms with E-state index in [1.165, 1.54) is 29.7 Å². The van der Waals surface area contributed by atoms with Crippen LogP contribution in [-0.4, -0.2) is 17.7 Å². The fraction of sp³-hybridized carbons (Fsp3) is 0.550. The quantitative estimate of drug-likeness (QED) is 0.827. The molecule has 2 aliphatic carbocycles. The summed E-state index contributed by atoms with van der Waals surface area (Å²) in [5.74, 6) is 2.78. The van der Waals surface area contributed by atoms with Crippen LogP contribution in [0.3, 0.4) is 0 Å². The summed E-state index contributed by atoms with van der Waals surface area (Å²) in [6.07, 6.45) is 8.26. The van der Waals surface area contributed by atoms with E-state index in [1.54, 1.807) is 5.57 Å². The van der Waals surface area contributed by atoms with Crippen LogP contribution in [0.2, 0.25) is 0 Å².